The fraction of sp³-hybridized carbons (Fsp3) is 0.538. The van der Waals surface area contributed by atoms with Crippen LogP contribution in [0.1, 0.15) is 30.4 Å². The molecule has 0 spiro atoms. The summed E-state index contributed by atoms with van der Waals surface area (Å²) < 4.78 is 0. The first kappa shape index (κ1) is 9.72. The van der Waals surface area contributed by atoms with Crippen molar-refractivity contribution >= 4 is 0 Å². The van der Waals surface area contributed by atoms with Crippen molar-refractivity contribution in [2.45, 2.75) is 38.6 Å². The molecule has 76 valence electrons. The topological polar surface area (TPSA) is 26.0 Å². The van der Waals surface area contributed by atoms with E-state index >= 15 is 0 Å². The molecule has 2 N–H and O–H groups in total. The molecule has 0 saturated heterocycles. The molecule has 1 atom stereocenters. The van der Waals surface area contributed by atoms with E-state index in [-0.39, 0.29) is 0 Å². The summed E-state index contributed by atoms with van der Waals surface area (Å²) in [6, 6.07) is 9.12. The third kappa shape index (κ3) is 2.16. The Morgan fingerprint density at radius 1 is 1.29 bits per heavy atom. The number of aryl methyl sites for hydroxylation is 1. The quantitative estimate of drug-likeness (QED) is 0.777. The molecule has 1 aliphatic carbocycles. The average molecular weight is 189 g/mol. The van der Waals surface area contributed by atoms with E-state index in [9.17, 15) is 0 Å². The molecule has 1 unspecified atom stereocenters. The molecule has 0 radical (unpaired) electrons. The van der Waals surface area contributed by atoms with Crippen molar-refractivity contribution in [3.63, 3.8) is 0 Å². The summed E-state index contributed by atoms with van der Waals surface area (Å²) >= 11 is 0. The average Bonchev–Trinajstić information content (AvgIpc) is 2.06. The van der Waals surface area contributed by atoms with Gasteiger partial charge in [-0.05, 0) is 37.7 Å². The van der Waals surface area contributed by atoms with Crippen molar-refractivity contribution in [3.05, 3.63) is 35.4 Å². The van der Waals surface area contributed by atoms with Gasteiger partial charge in [-0.3, -0.25) is 0 Å². The van der Waals surface area contributed by atoms with Gasteiger partial charge in [0.05, 0.1) is 0 Å². The SMILES string of the molecule is Cc1ccc(CC(N)C2CCC2)cc1. The van der Waals surface area contributed by atoms with Crippen LogP contribution >= 0.6 is 0 Å². The minimum Gasteiger partial charge on any atom is -0.327 e. The first-order valence-electron chi connectivity index (χ1n) is 5.57. The fourth-order valence-electron chi connectivity index (χ4n) is 2.03. The lowest BCUT2D eigenvalue weighted by molar-refractivity contribution is 0.260. The molecular weight excluding hydrogens is 170 g/mol. The molecule has 1 aliphatic rings. The zero-order chi connectivity index (χ0) is 9.97. The van der Waals surface area contributed by atoms with Crippen LogP contribution < -0.4 is 5.73 Å². The third-order valence-electron chi connectivity index (χ3n) is 3.35. The maximum absolute atomic E-state index is 6.15. The highest BCUT2D eigenvalue weighted by molar-refractivity contribution is 5.22. The van der Waals surface area contributed by atoms with Crippen LogP contribution in [0.2, 0.25) is 0 Å². The molecule has 14 heavy (non-hydrogen) atoms. The molecule has 0 amide bonds. The first-order chi connectivity index (χ1) is 6.75. The predicted octanol–water partition coefficient (Wildman–Crippen LogP) is 2.66. The van der Waals surface area contributed by atoms with E-state index < -0.39 is 0 Å². The lowest BCUT2D eigenvalue weighted by atomic mass is 9.78. The Kier molecular flexibility index (Phi) is 2.87. The Morgan fingerprint density at radius 3 is 2.43 bits per heavy atom. The van der Waals surface area contributed by atoms with Crippen molar-refractivity contribution in [3.8, 4) is 0 Å². The molecule has 1 saturated carbocycles. The van der Waals surface area contributed by atoms with E-state index in [1.54, 1.807) is 0 Å². The molecule has 1 fully saturated rings. The predicted molar refractivity (Wildman–Crippen MR) is 60.2 cm³/mol. The Bertz CT molecular complexity index is 285. The Hall–Kier alpha value is -0.820. The van der Waals surface area contributed by atoms with Gasteiger partial charge in [-0.1, -0.05) is 36.2 Å². The fourth-order valence-corrected chi connectivity index (χ4v) is 2.03. The van der Waals surface area contributed by atoms with E-state index in [2.05, 4.69) is 31.2 Å². The third-order valence-corrected chi connectivity index (χ3v) is 3.35. The highest BCUT2D eigenvalue weighted by Crippen LogP contribution is 2.29. The Labute approximate surface area is 86.3 Å². The zero-order valence-corrected chi connectivity index (χ0v) is 8.87. The standard InChI is InChI=1S/C13H19N/c1-10-5-7-11(8-6-10)9-13(14)12-3-2-4-12/h5-8,12-13H,2-4,9,14H2,1H3. The second kappa shape index (κ2) is 4.14. The minimum atomic E-state index is 0.381. The van der Waals surface area contributed by atoms with E-state index in [0.29, 0.717) is 6.04 Å². The molecule has 2 rings (SSSR count). The number of nitrogens with two attached hydrogens (primary N) is 1. The van der Waals surface area contributed by atoms with Crippen LogP contribution in [0.25, 0.3) is 0 Å². The summed E-state index contributed by atoms with van der Waals surface area (Å²) in [7, 11) is 0. The molecule has 0 bridgehead atoms. The lowest BCUT2D eigenvalue weighted by Crippen LogP contribution is -2.36. The van der Waals surface area contributed by atoms with Crippen LogP contribution in [-0.2, 0) is 6.42 Å². The van der Waals surface area contributed by atoms with Crippen molar-refractivity contribution in [2.24, 2.45) is 11.7 Å². The summed E-state index contributed by atoms with van der Waals surface area (Å²) in [6.07, 6.45) is 5.11. The maximum Gasteiger partial charge on any atom is 0.0108 e. The molecule has 1 aromatic rings. The monoisotopic (exact) mass is 189 g/mol. The highest BCUT2D eigenvalue weighted by atomic mass is 14.7. The summed E-state index contributed by atoms with van der Waals surface area (Å²) in [6.45, 7) is 2.12. The second-order valence-electron chi connectivity index (χ2n) is 4.54. The zero-order valence-electron chi connectivity index (χ0n) is 8.87. The van der Waals surface area contributed by atoms with Crippen LogP contribution in [0.5, 0.6) is 0 Å². The number of hydrogen-bond donors (Lipinski definition) is 1. The molecule has 1 aromatic carbocycles. The van der Waals surface area contributed by atoms with E-state index in [1.165, 1.54) is 30.4 Å². The van der Waals surface area contributed by atoms with Gasteiger partial charge in [-0.15, -0.1) is 0 Å². The molecular formula is C13H19N. The molecule has 1 heteroatoms. The van der Waals surface area contributed by atoms with Crippen LogP contribution in [0.3, 0.4) is 0 Å². The van der Waals surface area contributed by atoms with E-state index in [1.807, 2.05) is 0 Å². The number of rotatable bonds is 3. The van der Waals surface area contributed by atoms with Crippen molar-refractivity contribution in [1.29, 1.82) is 0 Å². The van der Waals surface area contributed by atoms with Crippen molar-refractivity contribution < 1.29 is 0 Å². The smallest absolute Gasteiger partial charge is 0.0108 e. The number of benzene rings is 1. The summed E-state index contributed by atoms with van der Waals surface area (Å²) in [5.74, 6) is 0.788. The van der Waals surface area contributed by atoms with E-state index in [0.717, 1.165) is 12.3 Å². The summed E-state index contributed by atoms with van der Waals surface area (Å²) in [5, 5.41) is 0. The molecule has 0 aliphatic heterocycles. The maximum atomic E-state index is 6.15. The van der Waals surface area contributed by atoms with Crippen LogP contribution in [0.15, 0.2) is 24.3 Å². The Morgan fingerprint density at radius 2 is 1.93 bits per heavy atom. The minimum absolute atomic E-state index is 0.381. The summed E-state index contributed by atoms with van der Waals surface area (Å²) in [4.78, 5) is 0. The molecule has 1 nitrogen and oxygen atoms in total. The van der Waals surface area contributed by atoms with Gasteiger partial charge >= 0.3 is 0 Å². The first-order valence-corrected chi connectivity index (χ1v) is 5.57. The number of hydrogen-bond acceptors (Lipinski definition) is 1. The van der Waals surface area contributed by atoms with Crippen LogP contribution in [0, 0.1) is 12.8 Å². The van der Waals surface area contributed by atoms with Crippen LogP contribution in [0.4, 0.5) is 0 Å². The normalized spacial score (nSPS) is 19.0. The van der Waals surface area contributed by atoms with Gasteiger partial charge in [0, 0.05) is 6.04 Å². The molecule has 0 aromatic heterocycles. The van der Waals surface area contributed by atoms with Gasteiger partial charge in [0.1, 0.15) is 0 Å². The van der Waals surface area contributed by atoms with Gasteiger partial charge in [-0.2, -0.15) is 0 Å². The van der Waals surface area contributed by atoms with Gasteiger partial charge in [-0.25, -0.2) is 0 Å². The molecule has 0 heterocycles. The van der Waals surface area contributed by atoms with Gasteiger partial charge in [0.25, 0.3) is 0 Å². The van der Waals surface area contributed by atoms with Crippen molar-refractivity contribution in [2.75, 3.05) is 0 Å². The lowest BCUT2D eigenvalue weighted by Gasteiger charge is -2.31. The summed E-state index contributed by atoms with van der Waals surface area (Å²) in [5.41, 5.74) is 8.86. The Balaban J connectivity index is 1.92. The highest BCUT2D eigenvalue weighted by Gasteiger charge is 2.24. The van der Waals surface area contributed by atoms with Gasteiger partial charge < -0.3 is 5.73 Å². The van der Waals surface area contributed by atoms with Crippen molar-refractivity contribution in [1.82, 2.24) is 0 Å². The van der Waals surface area contributed by atoms with Gasteiger partial charge in [0.2, 0.25) is 0 Å². The largest absolute Gasteiger partial charge is 0.327 e. The van der Waals surface area contributed by atoms with Crippen LogP contribution in [-0.4, -0.2) is 6.04 Å². The second-order valence-corrected chi connectivity index (χ2v) is 4.54. The van der Waals surface area contributed by atoms with E-state index in [4.69, 9.17) is 5.73 Å². The van der Waals surface area contributed by atoms with Gasteiger partial charge in [0.15, 0.2) is 0 Å².